The van der Waals surface area contributed by atoms with Crippen LogP contribution >= 0.6 is 11.6 Å². The normalized spacial score (nSPS) is 13.2. The van der Waals surface area contributed by atoms with E-state index in [-0.39, 0.29) is 39.0 Å². The van der Waals surface area contributed by atoms with Crippen LogP contribution in [-0.2, 0) is 22.6 Å². The highest BCUT2D eigenvalue weighted by molar-refractivity contribution is 7.90. The third-order valence-corrected chi connectivity index (χ3v) is 10.4. The van der Waals surface area contributed by atoms with Crippen LogP contribution in [0.15, 0.2) is 60.7 Å². The lowest BCUT2D eigenvalue weighted by molar-refractivity contribution is -0.348. The number of amides is 3. The molecule has 10 nitrogen and oxygen atoms in total. The van der Waals surface area contributed by atoms with Gasteiger partial charge in [0.2, 0.25) is 5.95 Å². The van der Waals surface area contributed by atoms with Gasteiger partial charge in [-0.25, -0.2) is 17.5 Å². The lowest BCUT2D eigenvalue weighted by Crippen LogP contribution is -2.50. The summed E-state index contributed by atoms with van der Waals surface area (Å²) in [6.07, 6.45) is -10.6. The van der Waals surface area contributed by atoms with Crippen molar-refractivity contribution in [2.75, 3.05) is 22.6 Å². The van der Waals surface area contributed by atoms with Crippen LogP contribution in [0.4, 0.5) is 46.5 Å². The number of rotatable bonds is 12. The number of halogens is 9. The quantitative estimate of drug-likeness (QED) is 0.121. The van der Waals surface area contributed by atoms with Crippen molar-refractivity contribution in [2.24, 2.45) is 13.0 Å². The van der Waals surface area contributed by atoms with Crippen molar-refractivity contribution in [1.29, 1.82) is 0 Å². The molecule has 3 N–H and O–H groups in total. The molecule has 0 fully saturated rings. The van der Waals surface area contributed by atoms with Crippen LogP contribution in [-0.4, -0.2) is 66.3 Å². The Kier molecular flexibility index (Phi) is 15.7. The van der Waals surface area contributed by atoms with Crippen LogP contribution in [0.2, 0.25) is 5.02 Å². The van der Waals surface area contributed by atoms with Crippen molar-refractivity contribution < 1.29 is 57.9 Å². The molecular formula is C40H44ClF8N5O5S. The molecule has 0 aliphatic rings. The number of carbonyl (C=O) groups excluding carboxylic acids is 3. The van der Waals surface area contributed by atoms with E-state index >= 15 is 0 Å². The molecule has 0 spiro atoms. The Balaban J connectivity index is 0.000000357. The first-order chi connectivity index (χ1) is 27.5. The average Bonchev–Trinajstić information content (AvgIpc) is 3.36. The van der Waals surface area contributed by atoms with Gasteiger partial charge in [0.1, 0.15) is 15.4 Å². The molecule has 2 atom stereocenters. The van der Waals surface area contributed by atoms with Crippen molar-refractivity contribution in [2.45, 2.75) is 77.9 Å². The number of carbonyl (C=O) groups is 3. The zero-order valence-electron chi connectivity index (χ0n) is 33.7. The number of nitrogens with zero attached hydrogens (tertiary/aromatic N) is 2. The number of hydrogen-bond donors (Lipinski definition) is 3. The van der Waals surface area contributed by atoms with E-state index in [1.165, 1.54) is 32.2 Å². The summed E-state index contributed by atoms with van der Waals surface area (Å²) in [6, 6.07) is 11.8. The van der Waals surface area contributed by atoms with Crippen LogP contribution in [0.1, 0.15) is 93.5 Å². The van der Waals surface area contributed by atoms with Crippen molar-refractivity contribution in [3.8, 4) is 0 Å². The van der Waals surface area contributed by atoms with Gasteiger partial charge in [0.05, 0.1) is 27.6 Å². The van der Waals surface area contributed by atoms with Gasteiger partial charge in [-0.2, -0.15) is 35.8 Å². The molecule has 0 saturated heterocycles. The summed E-state index contributed by atoms with van der Waals surface area (Å²) >= 11 is 6.06. The highest BCUT2D eigenvalue weighted by atomic mass is 35.5. The van der Waals surface area contributed by atoms with E-state index in [9.17, 15) is 57.9 Å². The third kappa shape index (κ3) is 11.8. The highest BCUT2D eigenvalue weighted by Crippen LogP contribution is 2.53. The minimum atomic E-state index is -6.31. The van der Waals surface area contributed by atoms with E-state index in [1.54, 1.807) is 6.92 Å². The van der Waals surface area contributed by atoms with E-state index in [1.807, 2.05) is 24.3 Å². The first-order valence-corrected chi connectivity index (χ1v) is 20.5. The topological polar surface area (TPSA) is 139 Å². The van der Waals surface area contributed by atoms with Gasteiger partial charge in [-0.15, -0.1) is 0 Å². The fourth-order valence-corrected chi connectivity index (χ4v) is 7.63. The Morgan fingerprint density at radius 2 is 1.38 bits per heavy atom. The summed E-state index contributed by atoms with van der Waals surface area (Å²) in [7, 11) is -1.98. The van der Waals surface area contributed by atoms with Gasteiger partial charge >= 0.3 is 18.0 Å². The van der Waals surface area contributed by atoms with Crippen molar-refractivity contribution in [3.63, 3.8) is 0 Å². The van der Waals surface area contributed by atoms with Crippen LogP contribution in [0.3, 0.4) is 0 Å². The molecule has 0 aliphatic heterocycles. The van der Waals surface area contributed by atoms with Gasteiger partial charge in [-0.05, 0) is 74.4 Å². The summed E-state index contributed by atoms with van der Waals surface area (Å²) in [5.41, 5.74) is -6.48. The van der Waals surface area contributed by atoms with E-state index in [2.05, 4.69) is 41.8 Å². The van der Waals surface area contributed by atoms with Crippen LogP contribution in [0.25, 0.3) is 0 Å². The zero-order chi connectivity index (χ0) is 45.7. The molecule has 328 valence electrons. The van der Waals surface area contributed by atoms with Gasteiger partial charge in [-0.3, -0.25) is 14.4 Å². The SMILES string of the molecule is Cc1cc(C(F)(C(F)(F)F)C(F)(F)F)ccc1NC(=O)c1cccc(Cl)c1C(=O)N[C@@H](C)CS(C)(=O)=O.Cc1nn(C)c(F)c1C(=O)Nc1ccccc1C(C)CC(C)C. The first-order valence-electron chi connectivity index (χ1n) is 18.1. The maximum atomic E-state index is 14.3. The minimum absolute atomic E-state index is 0.00110. The van der Waals surface area contributed by atoms with E-state index in [4.69, 9.17) is 11.6 Å². The van der Waals surface area contributed by atoms with Gasteiger partial charge < -0.3 is 16.0 Å². The van der Waals surface area contributed by atoms with E-state index < -0.39 is 68.9 Å². The Hall–Kier alpha value is -5.04. The molecule has 20 heteroatoms. The fraction of sp³-hybridized carbons (Fsp3) is 0.400. The second kappa shape index (κ2) is 19.1. The number of alkyl halides is 7. The summed E-state index contributed by atoms with van der Waals surface area (Å²) in [4.78, 5) is 38.1. The van der Waals surface area contributed by atoms with Gasteiger partial charge in [0.25, 0.3) is 17.7 Å². The molecule has 4 rings (SSSR count). The van der Waals surface area contributed by atoms with E-state index in [0.717, 1.165) is 35.5 Å². The van der Waals surface area contributed by atoms with E-state index in [0.29, 0.717) is 29.7 Å². The van der Waals surface area contributed by atoms with Crippen LogP contribution < -0.4 is 16.0 Å². The maximum absolute atomic E-state index is 14.3. The van der Waals surface area contributed by atoms with Crippen LogP contribution in [0.5, 0.6) is 0 Å². The number of hydrogen-bond acceptors (Lipinski definition) is 6. The summed E-state index contributed by atoms with van der Waals surface area (Å²) in [5.74, 6) is -2.54. The number of sulfone groups is 1. The molecule has 0 bridgehead atoms. The Morgan fingerprint density at radius 3 is 1.90 bits per heavy atom. The number of aryl methyl sites for hydroxylation is 3. The Bertz CT molecular complexity index is 2320. The number of aromatic nitrogens is 2. The molecule has 1 heterocycles. The Morgan fingerprint density at radius 1 is 0.800 bits per heavy atom. The van der Waals surface area contributed by atoms with Crippen molar-refractivity contribution in [3.05, 3.63) is 111 Å². The minimum Gasteiger partial charge on any atom is -0.348 e. The maximum Gasteiger partial charge on any atom is 0.435 e. The summed E-state index contributed by atoms with van der Waals surface area (Å²) in [6.45, 7) is 10.6. The predicted octanol–water partition coefficient (Wildman–Crippen LogP) is 9.62. The summed E-state index contributed by atoms with van der Waals surface area (Å²) in [5, 5.41) is 11.2. The predicted molar refractivity (Wildman–Crippen MR) is 212 cm³/mol. The lowest BCUT2D eigenvalue weighted by atomic mass is 9.91. The number of para-hydroxylation sites is 1. The smallest absolute Gasteiger partial charge is 0.348 e. The highest BCUT2D eigenvalue weighted by Gasteiger charge is 2.73. The molecule has 3 aromatic carbocycles. The third-order valence-electron chi connectivity index (χ3n) is 9.01. The monoisotopic (exact) mass is 893 g/mol. The fourth-order valence-electron chi connectivity index (χ4n) is 6.38. The average molecular weight is 894 g/mol. The van der Waals surface area contributed by atoms with Crippen molar-refractivity contribution >= 4 is 50.5 Å². The molecule has 0 aliphatic carbocycles. The molecule has 1 aromatic heterocycles. The van der Waals surface area contributed by atoms with Crippen molar-refractivity contribution in [1.82, 2.24) is 15.1 Å². The summed E-state index contributed by atoms with van der Waals surface area (Å²) < 4.78 is 131. The van der Waals surface area contributed by atoms with Gasteiger partial charge in [0, 0.05) is 36.3 Å². The Labute approximate surface area is 347 Å². The second-order valence-electron chi connectivity index (χ2n) is 14.7. The molecule has 4 aromatic rings. The first kappa shape index (κ1) is 49.3. The number of benzene rings is 3. The molecule has 1 unspecified atom stereocenters. The molecule has 0 saturated carbocycles. The van der Waals surface area contributed by atoms with Crippen LogP contribution in [0, 0.1) is 25.7 Å². The lowest BCUT2D eigenvalue weighted by Gasteiger charge is -2.30. The number of nitrogens with one attached hydrogen (secondary N) is 3. The standard InChI is InChI=1S/C22H20ClF7N2O4S.C18H24FN3O/c1-11-9-13(20(24,21(25,26)27)22(28,29)30)7-8-16(11)32-18(33)14-5-4-6-15(23)17(14)19(34)31-12(2)10-37(3,35)36;1-11(2)10-12(3)14-8-6-7-9-15(14)20-18(23)16-13(4)21-22(5)17(16)19/h4-9,12H,10H2,1-3H3,(H,31,34)(H,32,33);6-9,11-12H,10H2,1-5H3,(H,20,23)/t12-;/m0./s1. The molecular weight excluding hydrogens is 850 g/mol. The zero-order valence-corrected chi connectivity index (χ0v) is 35.2. The largest absolute Gasteiger partial charge is 0.435 e. The molecule has 3 amide bonds. The number of anilines is 2. The molecule has 60 heavy (non-hydrogen) atoms. The molecule has 0 radical (unpaired) electrons. The van der Waals surface area contributed by atoms with Gasteiger partial charge in [0.15, 0.2) is 0 Å². The second-order valence-corrected chi connectivity index (χ2v) is 17.3. The van der Waals surface area contributed by atoms with Gasteiger partial charge in [-0.1, -0.05) is 68.8 Å².